The van der Waals surface area contributed by atoms with E-state index in [4.69, 9.17) is 18.9 Å². The van der Waals surface area contributed by atoms with Crippen LogP contribution in [-0.4, -0.2) is 28.4 Å². The Labute approximate surface area is 531 Å². The van der Waals surface area contributed by atoms with Gasteiger partial charge in [0.05, 0.1) is 32.9 Å². The molecule has 85 heavy (non-hydrogen) atoms. The van der Waals surface area contributed by atoms with Crippen molar-refractivity contribution >= 4 is 64.2 Å². The van der Waals surface area contributed by atoms with E-state index in [1.54, 1.807) is 28.4 Å². The highest BCUT2D eigenvalue weighted by Gasteiger charge is 2.18. The lowest BCUT2D eigenvalue weighted by atomic mass is 9.90. The molecule has 0 fully saturated rings. The fourth-order valence-electron chi connectivity index (χ4n) is 11.9. The number of unbranched alkanes of at least 4 members (excludes halogenated alkanes) is 21. The molecular weight excluding hydrogens is 1170 g/mol. The number of methoxy groups -OCH3 is 4. The second kappa shape index (κ2) is 38.1. The molecule has 458 valence electrons. The summed E-state index contributed by atoms with van der Waals surface area (Å²) < 4.78 is 24.6. The van der Waals surface area contributed by atoms with Crippen molar-refractivity contribution in [3.8, 4) is 45.3 Å². The molecule has 0 bridgehead atoms. The minimum atomic E-state index is 0.850. The third kappa shape index (κ3) is 22.1. The van der Waals surface area contributed by atoms with Crippen LogP contribution in [0.4, 0.5) is 0 Å². The molecule has 0 amide bonds. The summed E-state index contributed by atoms with van der Waals surface area (Å²) in [6.45, 7) is 13.3. The lowest BCUT2D eigenvalue weighted by Gasteiger charge is -2.18. The molecule has 0 aliphatic carbocycles. The minimum absolute atomic E-state index is 0.850. The number of benzene rings is 8. The molecule has 4 nitrogen and oxygen atoms in total. The molecule has 8 rings (SSSR count). The number of ether oxygens (including phenoxy) is 4. The highest BCUT2D eigenvalue weighted by Crippen LogP contribution is 2.43. The lowest BCUT2D eigenvalue weighted by Crippen LogP contribution is -1.96. The van der Waals surface area contributed by atoms with Gasteiger partial charge < -0.3 is 18.9 Å². The summed E-state index contributed by atoms with van der Waals surface area (Å²) in [5.74, 6) is 3.57. The Bertz CT molecular complexity index is 3270. The second-order valence-electron chi connectivity index (χ2n) is 23.9. The van der Waals surface area contributed by atoms with Crippen LogP contribution >= 0.6 is 31.9 Å². The molecule has 0 aliphatic heterocycles. The van der Waals surface area contributed by atoms with E-state index in [1.165, 1.54) is 232 Å². The molecule has 0 aromatic heterocycles. The van der Waals surface area contributed by atoms with E-state index in [2.05, 4.69) is 170 Å². The van der Waals surface area contributed by atoms with Gasteiger partial charge in [-0.1, -0.05) is 238 Å². The van der Waals surface area contributed by atoms with Crippen LogP contribution < -0.4 is 18.9 Å². The normalized spacial score (nSPS) is 11.2. The van der Waals surface area contributed by atoms with Gasteiger partial charge >= 0.3 is 0 Å². The number of hydrogen-bond acceptors (Lipinski definition) is 4. The molecule has 0 atom stereocenters. The zero-order chi connectivity index (χ0) is 60.8. The summed E-state index contributed by atoms with van der Waals surface area (Å²) in [6.07, 6.45) is 36.2. The fourth-order valence-corrected chi connectivity index (χ4v) is 12.8. The molecule has 8 aromatic carbocycles. The van der Waals surface area contributed by atoms with Crippen LogP contribution in [0.3, 0.4) is 0 Å². The Balaban J connectivity index is 0.000000284. The third-order valence-corrected chi connectivity index (χ3v) is 18.6. The first-order valence-corrected chi connectivity index (χ1v) is 34.4. The van der Waals surface area contributed by atoms with Crippen molar-refractivity contribution in [1.29, 1.82) is 0 Å². The van der Waals surface area contributed by atoms with Crippen molar-refractivity contribution in [3.63, 3.8) is 0 Å². The second-order valence-corrected chi connectivity index (χ2v) is 25.6. The van der Waals surface area contributed by atoms with Crippen LogP contribution in [0.5, 0.6) is 23.0 Å². The summed E-state index contributed by atoms with van der Waals surface area (Å²) in [7, 11) is 6.95. The summed E-state index contributed by atoms with van der Waals surface area (Å²) in [6, 6.07) is 44.9. The summed E-state index contributed by atoms with van der Waals surface area (Å²) in [5, 5.41) is 7.67. The zero-order valence-electron chi connectivity index (χ0n) is 54.0. The molecule has 8 aromatic rings. The maximum Gasteiger partial charge on any atom is 0.134 e. The third-order valence-electron chi connectivity index (χ3n) is 17.1. The molecule has 0 radical (unpaired) electrons. The van der Waals surface area contributed by atoms with E-state index in [-0.39, 0.29) is 0 Å². The number of hydrogen-bond donors (Lipinski definition) is 0. The van der Waals surface area contributed by atoms with Crippen LogP contribution in [-0.2, 0) is 19.3 Å². The smallest absolute Gasteiger partial charge is 0.134 e. The van der Waals surface area contributed by atoms with Crippen LogP contribution in [0, 0.1) is 20.8 Å². The average Bonchev–Trinajstić information content (AvgIpc) is 2.67. The number of aryl methyl sites for hydroxylation is 6. The highest BCUT2D eigenvalue weighted by molar-refractivity contribution is 9.11. The van der Waals surface area contributed by atoms with E-state index in [1.807, 2.05) is 25.1 Å². The zero-order valence-corrected chi connectivity index (χ0v) is 57.2. The van der Waals surface area contributed by atoms with Crippen molar-refractivity contribution in [2.45, 2.75) is 215 Å². The SMILES string of the molecule is CCCCCCCCCCc1ccc2cc(C)c(-c3cc(C)c(-c4cc5cc(CCCCCCCCCC)ccc5cc4OC)cc3OC)cc2c1.CCCCCCCCCCc1ccc2cc(OC)ccc2c1.COc1cc(Br)c(C)cc1Br. The summed E-state index contributed by atoms with van der Waals surface area (Å²) in [5.41, 5.74) is 12.6. The molecule has 0 saturated heterocycles. The number of fused-ring (bicyclic) bond motifs is 3. The maximum absolute atomic E-state index is 6.15. The van der Waals surface area contributed by atoms with Crippen molar-refractivity contribution in [1.82, 2.24) is 0 Å². The molecule has 0 saturated carbocycles. The predicted molar refractivity (Wildman–Crippen MR) is 377 cm³/mol. The van der Waals surface area contributed by atoms with Gasteiger partial charge in [0.25, 0.3) is 0 Å². The van der Waals surface area contributed by atoms with Gasteiger partial charge in [0.2, 0.25) is 0 Å². The summed E-state index contributed by atoms with van der Waals surface area (Å²) in [4.78, 5) is 0. The van der Waals surface area contributed by atoms with Crippen LogP contribution in [0.2, 0.25) is 0 Å². The van der Waals surface area contributed by atoms with E-state index in [0.29, 0.717) is 0 Å². The van der Waals surface area contributed by atoms with E-state index in [0.717, 1.165) is 61.5 Å². The van der Waals surface area contributed by atoms with Crippen molar-refractivity contribution in [2.24, 2.45) is 0 Å². The van der Waals surface area contributed by atoms with Gasteiger partial charge in [0.15, 0.2) is 0 Å². The quantitative estimate of drug-likeness (QED) is 0.0384. The number of rotatable bonds is 33. The lowest BCUT2D eigenvalue weighted by molar-refractivity contribution is 0.411. The molecule has 6 heteroatoms. The first-order chi connectivity index (χ1) is 41.4. The molecular formula is C79H104Br2O4. The van der Waals surface area contributed by atoms with Crippen molar-refractivity contribution in [3.05, 3.63) is 164 Å². The van der Waals surface area contributed by atoms with Crippen LogP contribution in [0.25, 0.3) is 54.6 Å². The topological polar surface area (TPSA) is 36.9 Å². The molecule has 0 N–H and O–H groups in total. The fraction of sp³-hybridized carbons (Fsp3) is 0.468. The largest absolute Gasteiger partial charge is 0.497 e. The standard InChI is InChI=1S/C50H66O2.C21H30O.C8H8Br2O/c1-7-9-11-13-15-17-19-21-23-39-25-27-41-29-37(3)45(33-43(41)31-39)47-30-38(4)46(36-50(47)52-6)48-34-44-32-40(26-28-42(44)35-49(48)51-5)24-22-20-18-16-14-12-10-8-2;1-3-4-5-6-7-8-9-10-11-18-12-13-20-17-21(22-2)15-14-19(20)16-18;1-5-3-7(10)8(11-2)4-6(5)9/h25-36H,7-24H2,1-6H3;12-17H,3-11H2,1-2H3;3-4H,1-2H3. The molecule has 0 aliphatic rings. The van der Waals surface area contributed by atoms with Gasteiger partial charge in [-0.2, -0.15) is 0 Å². The van der Waals surface area contributed by atoms with Gasteiger partial charge in [0.1, 0.15) is 23.0 Å². The minimum Gasteiger partial charge on any atom is -0.497 e. The Morgan fingerprint density at radius 1 is 0.271 bits per heavy atom. The van der Waals surface area contributed by atoms with Crippen LogP contribution in [0.15, 0.2) is 130 Å². The average molecular weight is 1280 g/mol. The van der Waals surface area contributed by atoms with E-state index in [9.17, 15) is 0 Å². The van der Waals surface area contributed by atoms with Gasteiger partial charge in [-0.15, -0.1) is 0 Å². The maximum atomic E-state index is 6.15. The monoisotopic (exact) mass is 1270 g/mol. The Hall–Kier alpha value is -5.30. The highest BCUT2D eigenvalue weighted by atomic mass is 79.9. The van der Waals surface area contributed by atoms with Gasteiger partial charge in [0, 0.05) is 15.6 Å². The van der Waals surface area contributed by atoms with Crippen molar-refractivity contribution in [2.75, 3.05) is 28.4 Å². The Morgan fingerprint density at radius 2 is 0.635 bits per heavy atom. The van der Waals surface area contributed by atoms with Crippen molar-refractivity contribution < 1.29 is 18.9 Å². The Morgan fingerprint density at radius 3 is 1.11 bits per heavy atom. The van der Waals surface area contributed by atoms with Gasteiger partial charge in [-0.3, -0.25) is 0 Å². The molecule has 0 spiro atoms. The van der Waals surface area contributed by atoms with E-state index >= 15 is 0 Å². The summed E-state index contributed by atoms with van der Waals surface area (Å²) >= 11 is 6.82. The van der Waals surface area contributed by atoms with Gasteiger partial charge in [-0.05, 0) is 207 Å². The predicted octanol–water partition coefficient (Wildman–Crippen LogP) is 25.4. The number of halogens is 2. The molecule has 0 unspecified atom stereocenters. The van der Waals surface area contributed by atoms with E-state index < -0.39 is 0 Å². The first kappa shape index (κ1) is 68.8. The van der Waals surface area contributed by atoms with Crippen LogP contribution in [0.1, 0.15) is 208 Å². The Kier molecular flexibility index (Phi) is 30.8. The first-order valence-electron chi connectivity index (χ1n) is 32.8. The van der Waals surface area contributed by atoms with Gasteiger partial charge in [-0.25, -0.2) is 0 Å². The molecule has 0 heterocycles.